The van der Waals surface area contributed by atoms with Gasteiger partial charge in [-0.3, -0.25) is 0 Å². The van der Waals surface area contributed by atoms with E-state index in [1.165, 1.54) is 12.0 Å². The zero-order valence-electron chi connectivity index (χ0n) is 20.4. The number of fused-ring (bicyclic) bond motifs is 1. The first-order chi connectivity index (χ1) is 15.1. The largest absolute Gasteiger partial charge is 0.443 e. The molecule has 0 radical (unpaired) electrons. The maximum absolute atomic E-state index is 13.0. The summed E-state index contributed by atoms with van der Waals surface area (Å²) in [6.45, 7) is 13.1. The van der Waals surface area contributed by atoms with Crippen LogP contribution >= 0.6 is 0 Å². The van der Waals surface area contributed by atoms with E-state index in [2.05, 4.69) is 41.0 Å². The lowest BCUT2D eigenvalue weighted by Gasteiger charge is -2.26. The average molecular weight is 451 g/mol. The van der Waals surface area contributed by atoms with Crippen LogP contribution in [0.4, 0.5) is 16.6 Å². The molecule has 0 aromatic carbocycles. The molecule has 1 amide bonds. The van der Waals surface area contributed by atoms with E-state index in [1.807, 2.05) is 20.8 Å². The molecule has 2 heterocycles. The number of nitrogens with one attached hydrogen (secondary N) is 1. The molecule has 10 nitrogen and oxygen atoms in total. The van der Waals surface area contributed by atoms with E-state index in [-0.39, 0.29) is 12.5 Å². The quantitative estimate of drug-likeness (QED) is 0.392. The number of hydrogen-bond donors (Lipinski definition) is 2. The monoisotopic (exact) mass is 450 g/mol. The molecule has 10 heteroatoms. The third-order valence-corrected chi connectivity index (χ3v) is 4.60. The Hall–Kier alpha value is -2.46. The third-order valence-electron chi connectivity index (χ3n) is 4.60. The average Bonchev–Trinajstić information content (AvgIpc) is 3.10. The number of anilines is 2. The molecule has 2 rings (SSSR count). The lowest BCUT2D eigenvalue weighted by atomic mass is 10.2. The summed E-state index contributed by atoms with van der Waals surface area (Å²) in [7, 11) is 1.43. The van der Waals surface area contributed by atoms with Crippen molar-refractivity contribution in [1.82, 2.24) is 19.5 Å². The van der Waals surface area contributed by atoms with E-state index in [0.717, 1.165) is 19.3 Å². The smallest absolute Gasteiger partial charge is 0.417 e. The Morgan fingerprint density at radius 3 is 2.59 bits per heavy atom. The number of imidazole rings is 1. The Balaban J connectivity index is 2.54. The van der Waals surface area contributed by atoms with Crippen LogP contribution < -0.4 is 10.2 Å². The van der Waals surface area contributed by atoms with Gasteiger partial charge in [-0.2, -0.15) is 9.97 Å². The summed E-state index contributed by atoms with van der Waals surface area (Å²) in [4.78, 5) is 28.2. The standard InChI is InChI=1S/C22H38N6O4/c1-8-9-10-11-28(21(30)32-22(4,5)6)20-25-18(23-12-15(2)3)17-19(26-20)27(14-24-17)13-16(29)31-7/h14-16,29H,8-13H2,1-7H3,(H,23,25,26). The summed E-state index contributed by atoms with van der Waals surface area (Å²) in [5.74, 6) is 1.16. The fourth-order valence-electron chi connectivity index (χ4n) is 2.96. The highest BCUT2D eigenvalue weighted by Gasteiger charge is 2.27. The predicted molar refractivity (Wildman–Crippen MR) is 125 cm³/mol. The normalized spacial score (nSPS) is 12.9. The highest BCUT2D eigenvalue weighted by molar-refractivity contribution is 5.90. The van der Waals surface area contributed by atoms with Crippen molar-refractivity contribution in [1.29, 1.82) is 0 Å². The van der Waals surface area contributed by atoms with Crippen molar-refractivity contribution in [2.45, 2.75) is 79.2 Å². The number of unbranched alkanes of at least 4 members (excludes halogenated alkanes) is 2. The molecular formula is C22H38N6O4. The maximum Gasteiger partial charge on any atom is 0.417 e. The number of carbonyl (C=O) groups excluding carboxylic acids is 1. The summed E-state index contributed by atoms with van der Waals surface area (Å²) in [5, 5.41) is 13.3. The number of methoxy groups -OCH3 is 1. The molecule has 0 spiro atoms. The summed E-state index contributed by atoms with van der Waals surface area (Å²) in [6.07, 6.45) is 2.87. The Morgan fingerprint density at radius 2 is 2.00 bits per heavy atom. The van der Waals surface area contributed by atoms with Gasteiger partial charge in [0.2, 0.25) is 5.95 Å². The minimum absolute atomic E-state index is 0.148. The van der Waals surface area contributed by atoms with Gasteiger partial charge in [0, 0.05) is 20.2 Å². The number of nitrogens with zero attached hydrogens (tertiary/aromatic N) is 5. The Labute approximate surface area is 190 Å². The number of aromatic nitrogens is 4. The molecule has 1 unspecified atom stereocenters. The number of ether oxygens (including phenoxy) is 2. The number of aliphatic hydroxyl groups is 1. The predicted octanol–water partition coefficient (Wildman–Crippen LogP) is 3.79. The first kappa shape index (κ1) is 25.8. The molecule has 0 bridgehead atoms. The summed E-state index contributed by atoms with van der Waals surface area (Å²) < 4.78 is 12.3. The van der Waals surface area contributed by atoms with Crippen molar-refractivity contribution in [3.05, 3.63) is 6.33 Å². The van der Waals surface area contributed by atoms with Crippen molar-refractivity contribution in [3.63, 3.8) is 0 Å². The van der Waals surface area contributed by atoms with Crippen molar-refractivity contribution >= 4 is 29.0 Å². The van der Waals surface area contributed by atoms with Crippen molar-refractivity contribution < 1.29 is 19.4 Å². The van der Waals surface area contributed by atoms with E-state index in [0.29, 0.717) is 36.0 Å². The lowest BCUT2D eigenvalue weighted by Crippen LogP contribution is -2.38. The van der Waals surface area contributed by atoms with Gasteiger partial charge in [0.05, 0.1) is 12.9 Å². The number of amides is 1. The van der Waals surface area contributed by atoms with Crippen LogP contribution in [0.1, 0.15) is 60.8 Å². The molecule has 0 aliphatic carbocycles. The summed E-state index contributed by atoms with van der Waals surface area (Å²) in [5.41, 5.74) is 0.421. The molecule has 0 saturated carbocycles. The molecule has 32 heavy (non-hydrogen) atoms. The molecule has 1 atom stereocenters. The molecule has 0 aliphatic heterocycles. The molecule has 0 aliphatic rings. The van der Waals surface area contributed by atoms with Gasteiger partial charge in [-0.15, -0.1) is 0 Å². The number of carbonyl (C=O) groups is 1. The minimum Gasteiger partial charge on any atom is -0.443 e. The fourth-order valence-corrected chi connectivity index (χ4v) is 2.96. The topological polar surface area (TPSA) is 115 Å². The van der Waals surface area contributed by atoms with Gasteiger partial charge in [0.1, 0.15) is 5.60 Å². The molecular weight excluding hydrogens is 412 g/mol. The zero-order chi connectivity index (χ0) is 23.9. The Kier molecular flexibility index (Phi) is 9.21. The highest BCUT2D eigenvalue weighted by Crippen LogP contribution is 2.25. The molecule has 2 N–H and O–H groups in total. The zero-order valence-corrected chi connectivity index (χ0v) is 20.4. The van der Waals surface area contributed by atoms with Crippen LogP contribution in [0.5, 0.6) is 0 Å². The first-order valence-electron chi connectivity index (χ1n) is 11.2. The van der Waals surface area contributed by atoms with E-state index < -0.39 is 18.0 Å². The molecule has 2 aromatic heterocycles. The van der Waals surface area contributed by atoms with E-state index >= 15 is 0 Å². The summed E-state index contributed by atoms with van der Waals surface area (Å²) >= 11 is 0. The lowest BCUT2D eigenvalue weighted by molar-refractivity contribution is -0.0829. The molecule has 0 fully saturated rings. The Morgan fingerprint density at radius 1 is 1.28 bits per heavy atom. The van der Waals surface area contributed by atoms with Crippen LogP contribution in [0.25, 0.3) is 11.2 Å². The van der Waals surface area contributed by atoms with Crippen LogP contribution in [0.15, 0.2) is 6.33 Å². The molecule has 0 saturated heterocycles. The molecule has 180 valence electrons. The van der Waals surface area contributed by atoms with Crippen LogP contribution in [0, 0.1) is 5.92 Å². The van der Waals surface area contributed by atoms with Gasteiger partial charge in [0.15, 0.2) is 23.3 Å². The van der Waals surface area contributed by atoms with E-state index in [9.17, 15) is 9.90 Å². The second-order valence-electron chi connectivity index (χ2n) is 9.25. The number of aliphatic hydroxyl groups excluding tert-OH is 1. The van der Waals surface area contributed by atoms with Gasteiger partial charge in [-0.25, -0.2) is 14.7 Å². The van der Waals surface area contributed by atoms with E-state index in [4.69, 9.17) is 9.47 Å². The SMILES string of the molecule is CCCCCN(C(=O)OC(C)(C)C)c1nc(NCC(C)C)c2ncn(CC(O)OC)c2n1. The van der Waals surface area contributed by atoms with Crippen LogP contribution in [0.2, 0.25) is 0 Å². The summed E-state index contributed by atoms with van der Waals surface area (Å²) in [6, 6.07) is 0. The van der Waals surface area contributed by atoms with Gasteiger partial charge in [-0.1, -0.05) is 33.6 Å². The van der Waals surface area contributed by atoms with Gasteiger partial charge in [-0.05, 0) is 33.1 Å². The van der Waals surface area contributed by atoms with Crippen molar-refractivity contribution in [3.8, 4) is 0 Å². The van der Waals surface area contributed by atoms with E-state index in [1.54, 1.807) is 10.9 Å². The number of hydrogen-bond acceptors (Lipinski definition) is 8. The van der Waals surface area contributed by atoms with Crippen LogP contribution in [-0.2, 0) is 16.0 Å². The first-order valence-corrected chi connectivity index (χ1v) is 11.2. The van der Waals surface area contributed by atoms with Gasteiger partial charge < -0.3 is 24.5 Å². The van der Waals surface area contributed by atoms with Crippen LogP contribution in [0.3, 0.4) is 0 Å². The number of rotatable bonds is 11. The van der Waals surface area contributed by atoms with Crippen molar-refractivity contribution in [2.24, 2.45) is 5.92 Å². The van der Waals surface area contributed by atoms with Gasteiger partial charge in [0.25, 0.3) is 0 Å². The highest BCUT2D eigenvalue weighted by atomic mass is 16.6. The third kappa shape index (κ3) is 7.30. The van der Waals surface area contributed by atoms with Crippen molar-refractivity contribution in [2.75, 3.05) is 30.4 Å². The fraction of sp³-hybridized carbons (Fsp3) is 0.727. The molecule has 2 aromatic rings. The maximum atomic E-state index is 13.0. The second kappa shape index (κ2) is 11.4. The van der Waals surface area contributed by atoms with Gasteiger partial charge >= 0.3 is 6.09 Å². The Bertz CT molecular complexity index is 877. The second-order valence-corrected chi connectivity index (χ2v) is 9.25. The van der Waals surface area contributed by atoms with Crippen LogP contribution in [-0.4, -0.2) is 62.8 Å². The minimum atomic E-state index is -1.01.